The van der Waals surface area contributed by atoms with Crippen molar-refractivity contribution in [2.45, 2.75) is 45.3 Å². The normalized spacial score (nSPS) is 15.8. The average molecular weight is 322 g/mol. The van der Waals surface area contributed by atoms with Gasteiger partial charge in [-0.05, 0) is 45.7 Å². The van der Waals surface area contributed by atoms with Gasteiger partial charge in [-0.15, -0.1) is 0 Å². The first-order valence-electron chi connectivity index (χ1n) is 7.90. The zero-order valence-electron chi connectivity index (χ0n) is 14.3. The Morgan fingerprint density at radius 2 is 1.96 bits per heavy atom. The molecule has 1 saturated heterocycles. The number of ether oxygens (including phenoxy) is 3. The van der Waals surface area contributed by atoms with Gasteiger partial charge in [0.1, 0.15) is 11.4 Å². The van der Waals surface area contributed by atoms with E-state index in [9.17, 15) is 4.79 Å². The van der Waals surface area contributed by atoms with Crippen molar-refractivity contribution in [1.29, 1.82) is 0 Å². The Labute approximate surface area is 137 Å². The lowest BCUT2D eigenvalue weighted by atomic mass is 10.1. The summed E-state index contributed by atoms with van der Waals surface area (Å²) in [6.07, 6.45) is 1.47. The number of carbonyl (C=O) groups is 1. The van der Waals surface area contributed by atoms with Crippen molar-refractivity contribution in [3.05, 3.63) is 18.2 Å². The second kappa shape index (κ2) is 7.55. The van der Waals surface area contributed by atoms with E-state index in [4.69, 9.17) is 14.2 Å². The molecule has 2 rings (SSSR count). The molecule has 0 bridgehead atoms. The molecule has 1 fully saturated rings. The number of benzene rings is 1. The molecule has 128 valence electrons. The monoisotopic (exact) mass is 322 g/mol. The molecule has 1 aliphatic rings. The van der Waals surface area contributed by atoms with Gasteiger partial charge in [-0.1, -0.05) is 0 Å². The van der Waals surface area contributed by atoms with Gasteiger partial charge in [0.25, 0.3) is 0 Å². The van der Waals surface area contributed by atoms with Gasteiger partial charge in [-0.3, -0.25) is 5.32 Å². The molecule has 2 N–H and O–H groups in total. The summed E-state index contributed by atoms with van der Waals surface area (Å²) in [7, 11) is 1.58. The van der Waals surface area contributed by atoms with E-state index in [0.717, 1.165) is 31.7 Å². The van der Waals surface area contributed by atoms with E-state index in [2.05, 4.69) is 10.6 Å². The maximum atomic E-state index is 11.9. The van der Waals surface area contributed by atoms with Gasteiger partial charge in [-0.25, -0.2) is 4.79 Å². The Morgan fingerprint density at radius 1 is 1.26 bits per heavy atom. The molecule has 0 aromatic heterocycles. The number of rotatable bonds is 4. The van der Waals surface area contributed by atoms with Gasteiger partial charge in [0.15, 0.2) is 0 Å². The lowest BCUT2D eigenvalue weighted by Crippen LogP contribution is -2.28. The van der Waals surface area contributed by atoms with Crippen molar-refractivity contribution >= 4 is 17.5 Å². The zero-order valence-corrected chi connectivity index (χ0v) is 14.3. The SMILES string of the molecule is COc1cc(NC2CCOCC2)ccc1NC(=O)OC(C)(C)C. The summed E-state index contributed by atoms with van der Waals surface area (Å²) in [5.41, 5.74) is 1.00. The molecule has 0 radical (unpaired) electrons. The molecule has 0 atom stereocenters. The summed E-state index contributed by atoms with van der Waals surface area (Å²) in [5.74, 6) is 0.591. The van der Waals surface area contributed by atoms with Crippen molar-refractivity contribution in [3.63, 3.8) is 0 Å². The average Bonchev–Trinajstić information content (AvgIpc) is 2.48. The van der Waals surface area contributed by atoms with Crippen LogP contribution in [0.15, 0.2) is 18.2 Å². The van der Waals surface area contributed by atoms with E-state index in [-0.39, 0.29) is 0 Å². The van der Waals surface area contributed by atoms with E-state index in [0.29, 0.717) is 17.5 Å². The molecule has 0 unspecified atom stereocenters. The van der Waals surface area contributed by atoms with Crippen LogP contribution in [0.2, 0.25) is 0 Å². The van der Waals surface area contributed by atoms with Crippen molar-refractivity contribution in [3.8, 4) is 5.75 Å². The molecule has 6 nitrogen and oxygen atoms in total. The molecule has 23 heavy (non-hydrogen) atoms. The minimum absolute atomic E-state index is 0.401. The molecule has 1 aliphatic heterocycles. The topological polar surface area (TPSA) is 68.8 Å². The summed E-state index contributed by atoms with van der Waals surface area (Å²) in [4.78, 5) is 11.9. The van der Waals surface area contributed by atoms with Crippen molar-refractivity contribution in [2.24, 2.45) is 0 Å². The van der Waals surface area contributed by atoms with Crippen LogP contribution in [-0.2, 0) is 9.47 Å². The second-order valence-electron chi connectivity index (χ2n) is 6.57. The molecule has 0 aliphatic carbocycles. The fourth-order valence-electron chi connectivity index (χ4n) is 2.38. The smallest absolute Gasteiger partial charge is 0.412 e. The van der Waals surface area contributed by atoms with E-state index in [1.165, 1.54) is 0 Å². The first kappa shape index (κ1) is 17.4. The van der Waals surface area contributed by atoms with Gasteiger partial charge < -0.3 is 19.5 Å². The van der Waals surface area contributed by atoms with Gasteiger partial charge in [0.05, 0.1) is 12.8 Å². The van der Waals surface area contributed by atoms with Crippen molar-refractivity contribution in [2.75, 3.05) is 31.0 Å². The predicted molar refractivity (Wildman–Crippen MR) is 90.3 cm³/mol. The van der Waals surface area contributed by atoms with Gasteiger partial charge in [0.2, 0.25) is 0 Å². The maximum absolute atomic E-state index is 11.9. The van der Waals surface area contributed by atoms with Crippen LogP contribution in [0.25, 0.3) is 0 Å². The van der Waals surface area contributed by atoms with E-state index < -0.39 is 11.7 Å². The van der Waals surface area contributed by atoms with Crippen LogP contribution in [0.1, 0.15) is 33.6 Å². The van der Waals surface area contributed by atoms with Crippen molar-refractivity contribution in [1.82, 2.24) is 0 Å². The fourth-order valence-corrected chi connectivity index (χ4v) is 2.38. The highest BCUT2D eigenvalue weighted by molar-refractivity contribution is 5.87. The lowest BCUT2D eigenvalue weighted by Gasteiger charge is -2.24. The summed E-state index contributed by atoms with van der Waals surface area (Å²) >= 11 is 0. The van der Waals surface area contributed by atoms with E-state index >= 15 is 0 Å². The Hall–Kier alpha value is -1.95. The number of nitrogens with one attached hydrogen (secondary N) is 2. The molecular formula is C17H26N2O4. The van der Waals surface area contributed by atoms with Crippen LogP contribution in [-0.4, -0.2) is 38.1 Å². The molecule has 1 aromatic rings. The highest BCUT2D eigenvalue weighted by Gasteiger charge is 2.18. The standard InChI is InChI=1S/C17H26N2O4/c1-17(2,3)23-16(20)19-14-6-5-13(11-15(14)21-4)18-12-7-9-22-10-8-12/h5-6,11-12,18H,7-10H2,1-4H3,(H,19,20). The third-order valence-corrected chi connectivity index (χ3v) is 3.43. The first-order chi connectivity index (χ1) is 10.9. The summed E-state index contributed by atoms with van der Waals surface area (Å²) in [5, 5.41) is 6.19. The number of carbonyl (C=O) groups excluding carboxylic acids is 1. The second-order valence-corrected chi connectivity index (χ2v) is 6.57. The number of methoxy groups -OCH3 is 1. The summed E-state index contributed by atoms with van der Waals surface area (Å²) in [6, 6.07) is 6.01. The Bertz CT molecular complexity index is 534. The molecule has 0 spiro atoms. The molecule has 6 heteroatoms. The first-order valence-corrected chi connectivity index (χ1v) is 7.90. The maximum Gasteiger partial charge on any atom is 0.412 e. The minimum atomic E-state index is -0.540. The summed E-state index contributed by atoms with van der Waals surface area (Å²) < 4.78 is 16.0. The molecule has 1 aromatic carbocycles. The van der Waals surface area contributed by atoms with Crippen LogP contribution in [0.5, 0.6) is 5.75 Å². The number of anilines is 2. The largest absolute Gasteiger partial charge is 0.494 e. The van der Waals surface area contributed by atoms with Gasteiger partial charge >= 0.3 is 6.09 Å². The lowest BCUT2D eigenvalue weighted by molar-refractivity contribution is 0.0635. The fraction of sp³-hybridized carbons (Fsp3) is 0.588. The van der Waals surface area contributed by atoms with Crippen LogP contribution < -0.4 is 15.4 Å². The van der Waals surface area contributed by atoms with E-state index in [1.807, 2.05) is 39.0 Å². The Morgan fingerprint density at radius 3 is 2.57 bits per heavy atom. The van der Waals surface area contributed by atoms with Crippen LogP contribution in [0.3, 0.4) is 0 Å². The molecule has 1 amide bonds. The number of amides is 1. The highest BCUT2D eigenvalue weighted by Crippen LogP contribution is 2.29. The van der Waals surface area contributed by atoms with Gasteiger partial charge in [-0.2, -0.15) is 0 Å². The van der Waals surface area contributed by atoms with Crippen LogP contribution >= 0.6 is 0 Å². The van der Waals surface area contributed by atoms with E-state index in [1.54, 1.807) is 7.11 Å². The number of hydrogen-bond donors (Lipinski definition) is 2. The molecular weight excluding hydrogens is 296 g/mol. The molecule has 0 saturated carbocycles. The zero-order chi connectivity index (χ0) is 16.9. The molecule has 1 heterocycles. The third-order valence-electron chi connectivity index (χ3n) is 3.43. The Balaban J connectivity index is 2.02. The van der Waals surface area contributed by atoms with Gasteiger partial charge in [0, 0.05) is 31.0 Å². The third kappa shape index (κ3) is 5.63. The quantitative estimate of drug-likeness (QED) is 0.886. The van der Waals surface area contributed by atoms with Crippen LogP contribution in [0.4, 0.5) is 16.2 Å². The Kier molecular flexibility index (Phi) is 5.71. The predicted octanol–water partition coefficient (Wildman–Crippen LogP) is 3.63. The summed E-state index contributed by atoms with van der Waals surface area (Å²) in [6.45, 7) is 7.04. The number of hydrogen-bond acceptors (Lipinski definition) is 5. The minimum Gasteiger partial charge on any atom is -0.494 e. The van der Waals surface area contributed by atoms with Crippen molar-refractivity contribution < 1.29 is 19.0 Å². The van der Waals surface area contributed by atoms with Crippen LogP contribution in [0, 0.1) is 0 Å². The highest BCUT2D eigenvalue weighted by atomic mass is 16.6.